The Labute approximate surface area is 121 Å². The van der Waals surface area contributed by atoms with Crippen LogP contribution in [0.2, 0.25) is 0 Å². The van der Waals surface area contributed by atoms with Crippen LogP contribution in [-0.2, 0) is 9.59 Å². The molecule has 124 valence electrons. The lowest BCUT2D eigenvalue weighted by atomic mass is 10.0. The molecule has 0 fully saturated rings. The van der Waals surface area contributed by atoms with Gasteiger partial charge in [-0.3, -0.25) is 4.79 Å². The van der Waals surface area contributed by atoms with E-state index in [0.29, 0.717) is 12.8 Å². The summed E-state index contributed by atoms with van der Waals surface area (Å²) in [7, 11) is 0. The minimum atomic E-state index is -2.13. The maximum atomic E-state index is 11.6. The highest BCUT2D eigenvalue weighted by Gasteiger charge is 2.35. The lowest BCUT2D eigenvalue weighted by Crippen LogP contribution is -2.54. The number of carboxylic acid groups (broad SMARTS) is 1. The van der Waals surface area contributed by atoms with Gasteiger partial charge in [0.25, 0.3) is 5.91 Å². The zero-order chi connectivity index (χ0) is 16.6. The van der Waals surface area contributed by atoms with Crippen LogP contribution < -0.4 is 5.32 Å². The van der Waals surface area contributed by atoms with Gasteiger partial charge in [-0.05, 0) is 6.42 Å². The zero-order valence-electron chi connectivity index (χ0n) is 11.7. The molecule has 9 nitrogen and oxygen atoms in total. The summed E-state index contributed by atoms with van der Waals surface area (Å²) in [5, 5.41) is 57.1. The van der Waals surface area contributed by atoms with Gasteiger partial charge in [-0.1, -0.05) is 19.8 Å². The third-order valence-electron chi connectivity index (χ3n) is 2.98. The van der Waals surface area contributed by atoms with Crippen molar-refractivity contribution >= 4 is 11.9 Å². The van der Waals surface area contributed by atoms with Crippen molar-refractivity contribution in [1.82, 2.24) is 5.32 Å². The minimum Gasteiger partial charge on any atom is -0.480 e. The van der Waals surface area contributed by atoms with Crippen LogP contribution in [0.3, 0.4) is 0 Å². The van der Waals surface area contributed by atoms with Gasteiger partial charge < -0.3 is 36.0 Å². The van der Waals surface area contributed by atoms with Gasteiger partial charge in [-0.2, -0.15) is 0 Å². The Kier molecular flexibility index (Phi) is 9.06. The van der Waals surface area contributed by atoms with Gasteiger partial charge in [0.15, 0.2) is 6.10 Å². The molecule has 0 heterocycles. The zero-order valence-corrected chi connectivity index (χ0v) is 11.7. The van der Waals surface area contributed by atoms with E-state index in [1.165, 1.54) is 0 Å². The molecule has 0 saturated carbocycles. The number of aliphatic hydroxyl groups excluding tert-OH is 5. The van der Waals surface area contributed by atoms with Crippen molar-refractivity contribution in [3.05, 3.63) is 0 Å². The SMILES string of the molecule is CCCC[C@H](NC(=O)[C@H](O)[C@H](O)[C@H](O)[C@H](O)CO)C(=O)O. The molecule has 9 heteroatoms. The van der Waals surface area contributed by atoms with Gasteiger partial charge >= 0.3 is 5.97 Å². The maximum absolute atomic E-state index is 11.6. The van der Waals surface area contributed by atoms with Crippen LogP contribution in [0.25, 0.3) is 0 Å². The molecule has 0 aliphatic rings. The molecule has 0 unspecified atom stereocenters. The van der Waals surface area contributed by atoms with Crippen molar-refractivity contribution in [3.63, 3.8) is 0 Å². The highest BCUT2D eigenvalue weighted by molar-refractivity contribution is 5.86. The number of unbranched alkanes of at least 4 members (excludes halogenated alkanes) is 1. The van der Waals surface area contributed by atoms with E-state index < -0.39 is 48.9 Å². The molecule has 0 aliphatic heterocycles. The summed E-state index contributed by atoms with van der Waals surface area (Å²) in [5.74, 6) is -2.47. The van der Waals surface area contributed by atoms with Crippen LogP contribution >= 0.6 is 0 Å². The van der Waals surface area contributed by atoms with Crippen molar-refractivity contribution in [2.75, 3.05) is 6.61 Å². The van der Waals surface area contributed by atoms with Crippen LogP contribution in [0.15, 0.2) is 0 Å². The summed E-state index contributed by atoms with van der Waals surface area (Å²) in [6.45, 7) is 0.965. The lowest BCUT2D eigenvalue weighted by Gasteiger charge is -2.26. The van der Waals surface area contributed by atoms with Crippen LogP contribution in [-0.4, -0.2) is 79.6 Å². The molecule has 0 aromatic heterocycles. The fourth-order valence-corrected chi connectivity index (χ4v) is 1.60. The fraction of sp³-hybridized carbons (Fsp3) is 0.833. The molecular formula is C12H23NO8. The Morgan fingerprint density at radius 3 is 2.10 bits per heavy atom. The third kappa shape index (κ3) is 6.36. The molecule has 1 amide bonds. The van der Waals surface area contributed by atoms with Gasteiger partial charge in [0.2, 0.25) is 0 Å². The second-order valence-electron chi connectivity index (χ2n) is 4.72. The normalized spacial score (nSPS) is 18.4. The largest absolute Gasteiger partial charge is 0.480 e. The minimum absolute atomic E-state index is 0.155. The van der Waals surface area contributed by atoms with Crippen molar-refractivity contribution in [3.8, 4) is 0 Å². The first kappa shape index (κ1) is 19.7. The molecule has 0 saturated heterocycles. The second-order valence-corrected chi connectivity index (χ2v) is 4.72. The number of carboxylic acids is 1. The Hall–Kier alpha value is -1.26. The molecule has 0 aromatic carbocycles. The summed E-state index contributed by atoms with van der Waals surface area (Å²) < 4.78 is 0. The first-order valence-electron chi connectivity index (χ1n) is 6.62. The van der Waals surface area contributed by atoms with Gasteiger partial charge in [0.05, 0.1) is 6.61 Å². The monoisotopic (exact) mass is 309 g/mol. The molecule has 0 aromatic rings. The Morgan fingerprint density at radius 2 is 1.67 bits per heavy atom. The van der Waals surface area contributed by atoms with Gasteiger partial charge in [0, 0.05) is 0 Å². The van der Waals surface area contributed by atoms with E-state index in [2.05, 4.69) is 0 Å². The molecule has 0 bridgehead atoms. The van der Waals surface area contributed by atoms with Crippen molar-refractivity contribution in [1.29, 1.82) is 0 Å². The number of carbonyl (C=O) groups is 2. The average molecular weight is 309 g/mol. The van der Waals surface area contributed by atoms with Gasteiger partial charge in [-0.15, -0.1) is 0 Å². The molecular weight excluding hydrogens is 286 g/mol. The van der Waals surface area contributed by atoms with Gasteiger partial charge in [0.1, 0.15) is 24.4 Å². The van der Waals surface area contributed by atoms with E-state index in [0.717, 1.165) is 0 Å². The Balaban J connectivity index is 4.64. The van der Waals surface area contributed by atoms with Crippen molar-refractivity contribution in [2.45, 2.75) is 56.6 Å². The van der Waals surface area contributed by atoms with E-state index in [1.54, 1.807) is 0 Å². The molecule has 5 atom stereocenters. The third-order valence-corrected chi connectivity index (χ3v) is 2.98. The number of aliphatic carboxylic acids is 1. The fourth-order valence-electron chi connectivity index (χ4n) is 1.60. The predicted octanol–water partition coefficient (Wildman–Crippen LogP) is -2.82. The molecule has 0 rings (SSSR count). The highest BCUT2D eigenvalue weighted by Crippen LogP contribution is 2.07. The first-order valence-corrected chi connectivity index (χ1v) is 6.62. The quantitative estimate of drug-likeness (QED) is 0.227. The molecule has 7 N–H and O–H groups in total. The molecule has 0 radical (unpaired) electrons. The standard InChI is InChI=1S/C12H23NO8/c1-2-3-4-6(12(20)21)13-11(19)10(18)9(17)8(16)7(15)5-14/h6-10,14-18H,2-5H2,1H3,(H,13,19)(H,20,21)/t6-,7+,8+,9+,10+/m0/s1. The maximum Gasteiger partial charge on any atom is 0.326 e. The Morgan fingerprint density at radius 1 is 1.10 bits per heavy atom. The number of rotatable bonds is 10. The molecule has 0 spiro atoms. The van der Waals surface area contributed by atoms with Crippen LogP contribution in [0.5, 0.6) is 0 Å². The lowest BCUT2D eigenvalue weighted by molar-refractivity contribution is -0.153. The van der Waals surface area contributed by atoms with E-state index >= 15 is 0 Å². The van der Waals surface area contributed by atoms with E-state index in [9.17, 15) is 24.9 Å². The predicted molar refractivity (Wildman–Crippen MR) is 70.2 cm³/mol. The number of carbonyl (C=O) groups excluding carboxylic acids is 1. The molecule has 21 heavy (non-hydrogen) atoms. The summed E-state index contributed by atoms with van der Waals surface area (Å²) in [4.78, 5) is 22.6. The van der Waals surface area contributed by atoms with Crippen LogP contribution in [0.1, 0.15) is 26.2 Å². The first-order chi connectivity index (χ1) is 9.76. The number of aliphatic hydroxyl groups is 5. The number of nitrogens with one attached hydrogen (secondary N) is 1. The van der Waals surface area contributed by atoms with E-state index in [-0.39, 0.29) is 6.42 Å². The summed E-state index contributed by atoms with van der Waals surface area (Å²) in [5.41, 5.74) is 0. The van der Waals surface area contributed by atoms with E-state index in [4.69, 9.17) is 15.3 Å². The van der Waals surface area contributed by atoms with Crippen molar-refractivity contribution < 1.29 is 40.2 Å². The number of hydrogen-bond donors (Lipinski definition) is 7. The van der Waals surface area contributed by atoms with Crippen LogP contribution in [0, 0.1) is 0 Å². The van der Waals surface area contributed by atoms with E-state index in [1.807, 2.05) is 12.2 Å². The van der Waals surface area contributed by atoms with Crippen LogP contribution in [0.4, 0.5) is 0 Å². The Bertz CT molecular complexity index is 337. The summed E-state index contributed by atoms with van der Waals surface area (Å²) in [6, 6.07) is -1.22. The highest BCUT2D eigenvalue weighted by atomic mass is 16.4. The van der Waals surface area contributed by atoms with Crippen molar-refractivity contribution in [2.24, 2.45) is 0 Å². The summed E-state index contributed by atoms with van der Waals surface area (Å²) >= 11 is 0. The smallest absolute Gasteiger partial charge is 0.326 e. The second kappa shape index (κ2) is 9.64. The number of amides is 1. The number of hydrogen-bond acceptors (Lipinski definition) is 7. The summed E-state index contributed by atoms with van der Waals surface area (Å²) in [6.07, 6.45) is -6.47. The van der Waals surface area contributed by atoms with Gasteiger partial charge in [-0.25, -0.2) is 4.79 Å². The average Bonchev–Trinajstić information content (AvgIpc) is 2.47. The topological polar surface area (TPSA) is 168 Å². The molecule has 0 aliphatic carbocycles.